The first-order valence-electron chi connectivity index (χ1n) is 10.7. The largest absolute Gasteiger partial charge is 0.461 e. The van der Waals surface area contributed by atoms with Crippen molar-refractivity contribution in [3.05, 3.63) is 16.7 Å². The number of hydrogen-bond donors (Lipinski definition) is 1. The van der Waals surface area contributed by atoms with Gasteiger partial charge >= 0.3 is 29.8 Å². The Labute approximate surface area is 201 Å². The van der Waals surface area contributed by atoms with E-state index in [9.17, 15) is 32.3 Å². The Morgan fingerprint density at radius 1 is 1.19 bits per heavy atom. The van der Waals surface area contributed by atoms with Crippen LogP contribution >= 0.6 is 0 Å². The van der Waals surface area contributed by atoms with Crippen LogP contribution in [0.1, 0.15) is 40.3 Å². The number of carbonyl (C=O) groups excluding carboxylic acids is 3. The average molecular weight is 519 g/mol. The van der Waals surface area contributed by atoms with Crippen molar-refractivity contribution in [1.29, 1.82) is 0 Å². The quantitative estimate of drug-likeness (QED) is 0.407. The first kappa shape index (κ1) is 26.9. The second-order valence-corrected chi connectivity index (χ2v) is 8.14. The Kier molecular flexibility index (Phi) is 7.56. The van der Waals surface area contributed by atoms with Crippen LogP contribution in [0.25, 0.3) is 11.2 Å². The van der Waals surface area contributed by atoms with E-state index in [1.807, 2.05) is 0 Å². The summed E-state index contributed by atoms with van der Waals surface area (Å²) in [6.07, 6.45) is -12.6. The number of carbonyl (C=O) groups is 3. The van der Waals surface area contributed by atoms with Gasteiger partial charge in [0, 0.05) is 27.2 Å². The van der Waals surface area contributed by atoms with E-state index in [1.165, 1.54) is 20.0 Å². The van der Waals surface area contributed by atoms with Crippen molar-refractivity contribution in [3.8, 4) is 0 Å². The zero-order valence-corrected chi connectivity index (χ0v) is 19.6. The van der Waals surface area contributed by atoms with Crippen LogP contribution in [-0.4, -0.2) is 67.6 Å². The second kappa shape index (κ2) is 10.1. The van der Waals surface area contributed by atoms with E-state index in [0.29, 0.717) is 0 Å². The summed E-state index contributed by atoms with van der Waals surface area (Å²) in [4.78, 5) is 55.7. The molecule has 3 rings (SSSR count). The highest BCUT2D eigenvalue weighted by atomic mass is 19.4. The summed E-state index contributed by atoms with van der Waals surface area (Å²) in [5.74, 6) is -2.91. The third-order valence-electron chi connectivity index (χ3n) is 5.15. The highest BCUT2D eigenvalue weighted by Gasteiger charge is 2.54. The third kappa shape index (κ3) is 5.75. The van der Waals surface area contributed by atoms with Crippen LogP contribution in [0.15, 0.2) is 11.0 Å². The number of nitrogens with two attached hydrogens (primary N) is 1. The summed E-state index contributed by atoms with van der Waals surface area (Å²) in [7, 11) is 0. The fourth-order valence-corrected chi connectivity index (χ4v) is 4.00. The Bertz CT molecular complexity index is 1230. The van der Waals surface area contributed by atoms with Crippen LogP contribution in [0.2, 0.25) is 0 Å². The normalized spacial score (nSPS) is 21.7. The van der Waals surface area contributed by atoms with Crippen LogP contribution < -0.4 is 11.4 Å². The molecule has 0 saturated carbocycles. The van der Waals surface area contributed by atoms with Crippen LogP contribution in [-0.2, 0) is 39.9 Å². The van der Waals surface area contributed by atoms with Gasteiger partial charge in [-0.15, -0.1) is 0 Å². The maximum absolute atomic E-state index is 13.7. The average Bonchev–Trinajstić information content (AvgIpc) is 3.22. The highest BCUT2D eigenvalue weighted by Crippen LogP contribution is 2.39. The Morgan fingerprint density at radius 2 is 1.83 bits per heavy atom. The van der Waals surface area contributed by atoms with Crippen molar-refractivity contribution in [2.45, 2.75) is 77.5 Å². The van der Waals surface area contributed by atoms with Gasteiger partial charge in [-0.2, -0.15) is 18.2 Å². The molecule has 2 N–H and O–H groups in total. The SMILES string of the molecule is CC(=O)OC(C)Cn1c(=O)n(C2OC([C@@H](OC(C)=O)C(F)(F)F)CC2OC(C)=O)c2nc(N)ncc21. The number of imidazole rings is 1. The van der Waals surface area contributed by atoms with Gasteiger partial charge in [0.25, 0.3) is 0 Å². The minimum atomic E-state index is -5.02. The fourth-order valence-electron chi connectivity index (χ4n) is 4.00. The molecule has 0 aromatic carbocycles. The number of hydrogen-bond acceptors (Lipinski definition) is 11. The molecule has 1 fully saturated rings. The van der Waals surface area contributed by atoms with Gasteiger partial charge in [0.1, 0.15) is 23.8 Å². The minimum Gasteiger partial charge on any atom is -0.461 e. The molecule has 0 amide bonds. The zero-order chi connectivity index (χ0) is 26.9. The molecule has 3 heterocycles. The lowest BCUT2D eigenvalue weighted by atomic mass is 10.1. The summed E-state index contributed by atoms with van der Waals surface area (Å²) in [5, 5.41) is 0. The van der Waals surface area contributed by atoms with Gasteiger partial charge in [-0.25, -0.2) is 14.3 Å². The van der Waals surface area contributed by atoms with Crippen LogP contribution in [0.5, 0.6) is 0 Å². The van der Waals surface area contributed by atoms with E-state index >= 15 is 0 Å². The lowest BCUT2D eigenvalue weighted by Crippen LogP contribution is -2.43. The molecule has 1 aliphatic rings. The Morgan fingerprint density at radius 3 is 2.39 bits per heavy atom. The monoisotopic (exact) mass is 519 g/mol. The standard InChI is InChI=1S/C20H24F3N5O8/c1-8(33-9(2)29)7-27-12-6-25-18(24)26-16(12)28(19(27)32)17-14(34-10(3)30)5-13(36-17)15(20(21,22)23)35-11(4)31/h6,8,13-15,17H,5,7H2,1-4H3,(H2,24,25,26)/t8?,13?,14?,15-,17?/m1/s1. The minimum absolute atomic E-state index is 0.106. The van der Waals surface area contributed by atoms with Gasteiger partial charge in [0.2, 0.25) is 12.1 Å². The number of esters is 3. The lowest BCUT2D eigenvalue weighted by molar-refractivity contribution is -0.248. The zero-order valence-electron chi connectivity index (χ0n) is 19.6. The number of aromatic nitrogens is 4. The number of ether oxygens (including phenoxy) is 4. The van der Waals surface area contributed by atoms with Crippen molar-refractivity contribution in [1.82, 2.24) is 19.1 Å². The molecule has 36 heavy (non-hydrogen) atoms. The van der Waals surface area contributed by atoms with Gasteiger partial charge in [0.05, 0.1) is 12.7 Å². The van der Waals surface area contributed by atoms with Crippen molar-refractivity contribution >= 4 is 35.0 Å². The molecule has 0 spiro atoms. The number of nitrogens with zero attached hydrogens (tertiary/aromatic N) is 4. The number of rotatable bonds is 7. The van der Waals surface area contributed by atoms with Crippen LogP contribution in [0.4, 0.5) is 19.1 Å². The summed E-state index contributed by atoms with van der Waals surface area (Å²) in [6.45, 7) is 4.37. The molecule has 0 aliphatic carbocycles. The molecule has 1 aliphatic heterocycles. The molecule has 4 unspecified atom stereocenters. The Hall–Kier alpha value is -3.69. The van der Waals surface area contributed by atoms with Gasteiger partial charge in [-0.3, -0.25) is 19.0 Å². The molecule has 16 heteroatoms. The number of anilines is 1. The smallest absolute Gasteiger partial charge is 0.428 e. The summed E-state index contributed by atoms with van der Waals surface area (Å²) >= 11 is 0. The van der Waals surface area contributed by atoms with Gasteiger partial charge < -0.3 is 24.7 Å². The highest BCUT2D eigenvalue weighted by molar-refractivity contribution is 5.72. The number of fused-ring (bicyclic) bond motifs is 1. The molecule has 5 atom stereocenters. The van der Waals surface area contributed by atoms with Crippen molar-refractivity contribution < 1.29 is 46.5 Å². The maximum Gasteiger partial charge on any atom is 0.428 e. The summed E-state index contributed by atoms with van der Waals surface area (Å²) in [6, 6.07) is 0. The number of halogens is 3. The fraction of sp³-hybridized carbons (Fsp3) is 0.600. The predicted octanol–water partition coefficient (Wildman–Crippen LogP) is 0.840. The van der Waals surface area contributed by atoms with E-state index in [4.69, 9.17) is 19.9 Å². The topological polar surface area (TPSA) is 167 Å². The lowest BCUT2D eigenvalue weighted by Gasteiger charge is -2.25. The van der Waals surface area contributed by atoms with E-state index < -0.39 is 66.8 Å². The first-order valence-corrected chi connectivity index (χ1v) is 10.7. The molecule has 0 bridgehead atoms. The molecule has 2 aromatic heterocycles. The summed E-state index contributed by atoms with van der Waals surface area (Å²) in [5.41, 5.74) is 4.82. The molecular weight excluding hydrogens is 495 g/mol. The second-order valence-electron chi connectivity index (χ2n) is 8.14. The van der Waals surface area contributed by atoms with Crippen molar-refractivity contribution in [2.24, 2.45) is 0 Å². The Balaban J connectivity index is 2.12. The van der Waals surface area contributed by atoms with Gasteiger partial charge in [-0.1, -0.05) is 0 Å². The van der Waals surface area contributed by atoms with E-state index in [1.54, 1.807) is 0 Å². The summed E-state index contributed by atoms with van der Waals surface area (Å²) < 4.78 is 63.3. The molecule has 13 nitrogen and oxygen atoms in total. The van der Waals surface area contributed by atoms with E-state index in [2.05, 4.69) is 14.7 Å². The van der Waals surface area contributed by atoms with Crippen molar-refractivity contribution in [2.75, 3.05) is 5.73 Å². The predicted molar refractivity (Wildman–Crippen MR) is 113 cm³/mol. The van der Waals surface area contributed by atoms with E-state index in [-0.39, 0.29) is 23.7 Å². The molecule has 2 aromatic rings. The van der Waals surface area contributed by atoms with Gasteiger partial charge in [0.15, 0.2) is 11.9 Å². The first-order chi connectivity index (χ1) is 16.7. The molecule has 0 radical (unpaired) electrons. The van der Waals surface area contributed by atoms with Crippen LogP contribution in [0.3, 0.4) is 0 Å². The molecular formula is C20H24F3N5O8. The molecule has 1 saturated heterocycles. The molecule has 198 valence electrons. The van der Waals surface area contributed by atoms with Crippen molar-refractivity contribution in [3.63, 3.8) is 0 Å². The third-order valence-corrected chi connectivity index (χ3v) is 5.15. The number of nitrogen functional groups attached to an aromatic ring is 1. The number of alkyl halides is 3. The van der Waals surface area contributed by atoms with E-state index in [0.717, 1.165) is 23.0 Å². The van der Waals surface area contributed by atoms with Crippen LogP contribution in [0, 0.1) is 0 Å². The van der Waals surface area contributed by atoms with Gasteiger partial charge in [-0.05, 0) is 6.92 Å². The maximum atomic E-state index is 13.7.